The molecule has 0 aliphatic carbocycles. The lowest BCUT2D eigenvalue weighted by molar-refractivity contribution is -0.254. The minimum Gasteiger partial charge on any atom is -0.384 e. The van der Waals surface area contributed by atoms with Crippen LogP contribution in [0.5, 0.6) is 0 Å². The molecule has 1 aromatic rings. The summed E-state index contributed by atoms with van der Waals surface area (Å²) in [6, 6.07) is 0.561. The van der Waals surface area contributed by atoms with E-state index < -0.39 is 24.0 Å². The van der Waals surface area contributed by atoms with E-state index in [-0.39, 0.29) is 5.82 Å². The van der Waals surface area contributed by atoms with Crippen LogP contribution in [-0.4, -0.2) is 22.1 Å². The fourth-order valence-corrected chi connectivity index (χ4v) is 1.17. The maximum Gasteiger partial charge on any atom is 0.406 e. The second-order valence-electron chi connectivity index (χ2n) is 3.13. The average Bonchev–Trinajstić information content (AvgIpc) is 2.24. The number of nitrogens with two attached hydrogens (primary N) is 1. The van der Waals surface area contributed by atoms with Gasteiger partial charge < -0.3 is 5.73 Å². The third kappa shape index (κ3) is 2.39. The first-order valence-electron chi connectivity index (χ1n) is 3.96. The zero-order valence-corrected chi connectivity index (χ0v) is 7.89. The van der Waals surface area contributed by atoms with Gasteiger partial charge in [0.1, 0.15) is 5.82 Å². The number of hydrogen-bond acceptors (Lipinski definition) is 2. The predicted octanol–water partition coefficient (Wildman–Crippen LogP) is 2.21. The van der Waals surface area contributed by atoms with E-state index in [1.807, 2.05) is 0 Å². The smallest absolute Gasteiger partial charge is 0.384 e. The first-order chi connectivity index (χ1) is 7.03. The van der Waals surface area contributed by atoms with E-state index in [1.54, 1.807) is 0 Å². The average molecular weight is 247 g/mol. The summed E-state index contributed by atoms with van der Waals surface area (Å²) in [4.78, 5) is 0. The van der Waals surface area contributed by atoms with Crippen molar-refractivity contribution in [2.24, 2.45) is 7.05 Å². The van der Waals surface area contributed by atoms with Crippen LogP contribution in [0.15, 0.2) is 6.07 Å². The Labute approximate surface area is 85.8 Å². The Morgan fingerprint density at radius 1 is 1.19 bits per heavy atom. The van der Waals surface area contributed by atoms with E-state index >= 15 is 0 Å². The van der Waals surface area contributed by atoms with Crippen molar-refractivity contribution >= 4 is 5.82 Å². The molecule has 0 fully saturated rings. The largest absolute Gasteiger partial charge is 0.406 e. The van der Waals surface area contributed by atoms with Crippen molar-refractivity contribution in [3.05, 3.63) is 11.8 Å². The molecule has 0 spiro atoms. The summed E-state index contributed by atoms with van der Waals surface area (Å²) in [5.41, 5.74) is 3.98. The summed E-state index contributed by atoms with van der Waals surface area (Å²) < 4.78 is 74.1. The minimum absolute atomic E-state index is 0.270. The highest BCUT2D eigenvalue weighted by atomic mass is 19.4. The number of nitrogen functional groups attached to an aromatic ring is 1. The van der Waals surface area contributed by atoms with Gasteiger partial charge in [-0.25, -0.2) is 0 Å². The van der Waals surface area contributed by atoms with Gasteiger partial charge in [0.25, 0.3) is 0 Å². The van der Waals surface area contributed by atoms with E-state index in [0.717, 1.165) is 11.7 Å². The van der Waals surface area contributed by atoms with Crippen LogP contribution in [0.1, 0.15) is 11.6 Å². The molecular formula is C7H7F6N3. The fourth-order valence-electron chi connectivity index (χ4n) is 1.17. The number of nitrogens with zero attached hydrogens (tertiary/aromatic N) is 2. The van der Waals surface area contributed by atoms with Gasteiger partial charge in [-0.15, -0.1) is 0 Å². The van der Waals surface area contributed by atoms with Crippen LogP contribution in [0.3, 0.4) is 0 Å². The van der Waals surface area contributed by atoms with Crippen LogP contribution in [0.2, 0.25) is 0 Å². The second-order valence-corrected chi connectivity index (χ2v) is 3.13. The predicted molar refractivity (Wildman–Crippen MR) is 42.5 cm³/mol. The Morgan fingerprint density at radius 3 is 1.88 bits per heavy atom. The normalized spacial score (nSPS) is 13.5. The highest BCUT2D eigenvalue weighted by Gasteiger charge is 2.58. The highest BCUT2D eigenvalue weighted by molar-refractivity contribution is 5.33. The number of aryl methyl sites for hydroxylation is 1. The van der Waals surface area contributed by atoms with Crippen molar-refractivity contribution in [1.29, 1.82) is 0 Å². The summed E-state index contributed by atoms with van der Waals surface area (Å²) in [6.07, 6.45) is -10.9. The van der Waals surface area contributed by atoms with E-state index in [9.17, 15) is 26.3 Å². The van der Waals surface area contributed by atoms with Crippen molar-refractivity contribution in [2.45, 2.75) is 18.3 Å². The number of anilines is 1. The SMILES string of the molecule is Cn1nc(C(C(F)(F)F)C(F)(F)F)cc1N. The number of halogens is 6. The molecule has 1 heterocycles. The molecule has 0 amide bonds. The minimum atomic E-state index is -5.45. The van der Waals surface area contributed by atoms with Crippen molar-refractivity contribution in [2.75, 3.05) is 5.73 Å². The molecule has 0 unspecified atom stereocenters. The molecule has 0 aromatic carbocycles. The lowest BCUT2D eigenvalue weighted by Gasteiger charge is -2.20. The van der Waals surface area contributed by atoms with Gasteiger partial charge >= 0.3 is 12.4 Å². The molecule has 1 rings (SSSR count). The van der Waals surface area contributed by atoms with Crippen LogP contribution >= 0.6 is 0 Å². The molecule has 0 saturated carbocycles. The molecule has 9 heteroatoms. The topological polar surface area (TPSA) is 43.8 Å². The molecule has 0 aliphatic heterocycles. The van der Waals surface area contributed by atoms with E-state index in [2.05, 4.69) is 5.10 Å². The monoisotopic (exact) mass is 247 g/mol. The number of rotatable bonds is 1. The summed E-state index contributed by atoms with van der Waals surface area (Å²) in [5, 5.41) is 3.10. The van der Waals surface area contributed by atoms with Crippen molar-refractivity contribution in [3.8, 4) is 0 Å². The first kappa shape index (κ1) is 12.7. The van der Waals surface area contributed by atoms with Crippen molar-refractivity contribution in [3.63, 3.8) is 0 Å². The van der Waals surface area contributed by atoms with Gasteiger partial charge in [0.2, 0.25) is 0 Å². The van der Waals surface area contributed by atoms with E-state index in [1.165, 1.54) is 0 Å². The third-order valence-electron chi connectivity index (χ3n) is 1.89. The zero-order valence-electron chi connectivity index (χ0n) is 7.89. The van der Waals surface area contributed by atoms with Gasteiger partial charge in [0.15, 0.2) is 5.92 Å². The molecule has 0 atom stereocenters. The molecule has 0 aliphatic rings. The molecule has 3 nitrogen and oxygen atoms in total. The zero-order chi connectivity index (χ0) is 12.7. The van der Waals surface area contributed by atoms with Crippen LogP contribution in [0.4, 0.5) is 32.2 Å². The summed E-state index contributed by atoms with van der Waals surface area (Å²) in [6.45, 7) is 0. The number of aromatic nitrogens is 2. The molecule has 0 saturated heterocycles. The molecular weight excluding hydrogens is 240 g/mol. The molecule has 0 radical (unpaired) electrons. The number of hydrogen-bond donors (Lipinski definition) is 1. The Morgan fingerprint density at radius 2 is 1.62 bits per heavy atom. The third-order valence-corrected chi connectivity index (χ3v) is 1.89. The van der Waals surface area contributed by atoms with Crippen LogP contribution in [-0.2, 0) is 7.05 Å². The molecule has 1 aromatic heterocycles. The fraction of sp³-hybridized carbons (Fsp3) is 0.571. The van der Waals surface area contributed by atoms with Crippen LogP contribution < -0.4 is 5.73 Å². The summed E-state index contributed by atoms with van der Waals surface area (Å²) >= 11 is 0. The Hall–Kier alpha value is -1.41. The van der Waals surface area contributed by atoms with E-state index in [0.29, 0.717) is 6.07 Å². The van der Waals surface area contributed by atoms with Gasteiger partial charge in [0.05, 0.1) is 5.69 Å². The lowest BCUT2D eigenvalue weighted by atomic mass is 10.1. The van der Waals surface area contributed by atoms with Gasteiger partial charge in [0, 0.05) is 13.1 Å². The van der Waals surface area contributed by atoms with Gasteiger partial charge in [-0.2, -0.15) is 31.4 Å². The number of alkyl halides is 6. The standard InChI is InChI=1S/C7H7F6N3/c1-16-4(14)2-3(15-16)5(6(8,9)10)7(11,12)13/h2,5H,14H2,1H3. The van der Waals surface area contributed by atoms with Gasteiger partial charge in [-0.1, -0.05) is 0 Å². The molecule has 16 heavy (non-hydrogen) atoms. The maximum atomic E-state index is 12.2. The molecule has 0 bridgehead atoms. The van der Waals surface area contributed by atoms with Gasteiger partial charge in [-0.3, -0.25) is 4.68 Å². The van der Waals surface area contributed by atoms with E-state index in [4.69, 9.17) is 5.73 Å². The summed E-state index contributed by atoms with van der Waals surface area (Å²) in [5.74, 6) is -3.88. The Balaban J connectivity index is 3.23. The Kier molecular flexibility index (Phi) is 2.82. The van der Waals surface area contributed by atoms with Gasteiger partial charge in [-0.05, 0) is 0 Å². The maximum absolute atomic E-state index is 12.2. The second kappa shape index (κ2) is 3.56. The Bertz CT molecular complexity index is 343. The van der Waals surface area contributed by atoms with Crippen molar-refractivity contribution in [1.82, 2.24) is 9.78 Å². The molecule has 92 valence electrons. The molecule has 2 N–H and O–H groups in total. The quantitative estimate of drug-likeness (QED) is 0.773. The lowest BCUT2D eigenvalue weighted by Crippen LogP contribution is -2.34. The summed E-state index contributed by atoms with van der Waals surface area (Å²) in [7, 11) is 1.16. The first-order valence-corrected chi connectivity index (χ1v) is 3.96. The van der Waals surface area contributed by atoms with Crippen LogP contribution in [0, 0.1) is 0 Å². The van der Waals surface area contributed by atoms with Crippen LogP contribution in [0.25, 0.3) is 0 Å². The van der Waals surface area contributed by atoms with Crippen molar-refractivity contribution < 1.29 is 26.3 Å². The highest BCUT2D eigenvalue weighted by Crippen LogP contribution is 2.45.